The van der Waals surface area contributed by atoms with Gasteiger partial charge in [-0.3, -0.25) is 19.2 Å². The molecule has 0 bridgehead atoms. The molecule has 1 aromatic rings. The van der Waals surface area contributed by atoms with E-state index < -0.39 is 54.5 Å². The highest BCUT2D eigenvalue weighted by atomic mass is 16.7. The van der Waals surface area contributed by atoms with Crippen molar-refractivity contribution in [2.75, 3.05) is 6.61 Å². The molecule has 0 radical (unpaired) electrons. The lowest BCUT2D eigenvalue weighted by Crippen LogP contribution is -2.67. The fourth-order valence-corrected chi connectivity index (χ4v) is 3.14. The van der Waals surface area contributed by atoms with E-state index in [0.29, 0.717) is 5.75 Å². The minimum atomic E-state index is -1.16. The molecule has 0 spiro atoms. The van der Waals surface area contributed by atoms with Crippen molar-refractivity contribution in [3.8, 4) is 5.75 Å². The molecule has 1 aliphatic rings. The van der Waals surface area contributed by atoms with E-state index in [0.717, 1.165) is 5.56 Å². The third kappa shape index (κ3) is 7.25. The summed E-state index contributed by atoms with van der Waals surface area (Å²) in [6.07, 6.45) is -4.47. The summed E-state index contributed by atoms with van der Waals surface area (Å²) in [4.78, 5) is 46.7. The monoisotopic (exact) mass is 437 g/mol. The number of carbonyl (C=O) groups excluding carboxylic acids is 4. The molecule has 0 saturated carbocycles. The molecule has 1 N–H and O–H groups in total. The quantitative estimate of drug-likeness (QED) is 0.491. The Kier molecular flexibility index (Phi) is 8.38. The first-order chi connectivity index (χ1) is 14.6. The van der Waals surface area contributed by atoms with Crippen molar-refractivity contribution in [2.24, 2.45) is 0 Å². The summed E-state index contributed by atoms with van der Waals surface area (Å²) in [5, 5.41) is 2.64. The van der Waals surface area contributed by atoms with Gasteiger partial charge in [-0.1, -0.05) is 17.7 Å². The highest BCUT2D eigenvalue weighted by Crippen LogP contribution is 2.29. The van der Waals surface area contributed by atoms with Gasteiger partial charge in [0.1, 0.15) is 24.5 Å². The van der Waals surface area contributed by atoms with E-state index in [9.17, 15) is 19.2 Å². The minimum Gasteiger partial charge on any atom is -0.463 e. The van der Waals surface area contributed by atoms with Crippen LogP contribution in [0.25, 0.3) is 0 Å². The Morgan fingerprint density at radius 1 is 0.903 bits per heavy atom. The maximum Gasteiger partial charge on any atom is 0.303 e. The van der Waals surface area contributed by atoms with Crippen molar-refractivity contribution < 1.29 is 42.9 Å². The van der Waals surface area contributed by atoms with Gasteiger partial charge in [0.25, 0.3) is 0 Å². The van der Waals surface area contributed by atoms with Crippen LogP contribution < -0.4 is 10.1 Å². The fourth-order valence-electron chi connectivity index (χ4n) is 3.14. The summed E-state index contributed by atoms with van der Waals surface area (Å²) in [5.74, 6) is -1.92. The Balaban J connectivity index is 2.43. The predicted molar refractivity (Wildman–Crippen MR) is 106 cm³/mol. The smallest absolute Gasteiger partial charge is 0.303 e. The minimum absolute atomic E-state index is 0.286. The van der Waals surface area contributed by atoms with Crippen LogP contribution in [0.15, 0.2) is 24.3 Å². The lowest BCUT2D eigenvalue weighted by Gasteiger charge is -2.44. The first-order valence-corrected chi connectivity index (χ1v) is 9.70. The van der Waals surface area contributed by atoms with Crippen LogP contribution in [0.2, 0.25) is 0 Å². The summed E-state index contributed by atoms with van der Waals surface area (Å²) in [6, 6.07) is 6.06. The topological polar surface area (TPSA) is 126 Å². The Hall–Kier alpha value is -3.14. The zero-order valence-electron chi connectivity index (χ0n) is 18.1. The molecule has 1 saturated heterocycles. The Morgan fingerprint density at radius 3 is 2.00 bits per heavy atom. The Morgan fingerprint density at radius 2 is 1.48 bits per heavy atom. The maximum atomic E-state index is 11.9. The molecular formula is C21H27NO9. The summed E-state index contributed by atoms with van der Waals surface area (Å²) in [6.45, 7) is 6.48. The molecule has 1 heterocycles. The predicted octanol–water partition coefficient (Wildman–Crippen LogP) is 1.03. The van der Waals surface area contributed by atoms with Crippen molar-refractivity contribution in [1.82, 2.24) is 5.32 Å². The molecule has 2 rings (SSSR count). The second-order valence-corrected chi connectivity index (χ2v) is 7.15. The number of hydrogen-bond donors (Lipinski definition) is 1. The first kappa shape index (κ1) is 24.1. The zero-order valence-corrected chi connectivity index (χ0v) is 18.1. The number of nitrogens with one attached hydrogen (secondary N) is 1. The number of rotatable bonds is 7. The van der Waals surface area contributed by atoms with Gasteiger partial charge in [-0.25, -0.2) is 0 Å². The fraction of sp³-hybridized carbons (Fsp3) is 0.524. The lowest BCUT2D eigenvalue weighted by molar-refractivity contribution is -0.257. The van der Waals surface area contributed by atoms with E-state index in [4.69, 9.17) is 23.7 Å². The number of hydrogen-bond acceptors (Lipinski definition) is 9. The number of amides is 1. The van der Waals surface area contributed by atoms with Crippen molar-refractivity contribution >= 4 is 23.8 Å². The van der Waals surface area contributed by atoms with Crippen LogP contribution in [-0.2, 0) is 38.1 Å². The van der Waals surface area contributed by atoms with Gasteiger partial charge in [0.15, 0.2) is 12.2 Å². The van der Waals surface area contributed by atoms with E-state index >= 15 is 0 Å². The van der Waals surface area contributed by atoms with Gasteiger partial charge in [-0.05, 0) is 19.1 Å². The molecule has 31 heavy (non-hydrogen) atoms. The molecule has 5 atom stereocenters. The SMILES string of the molecule is CC(=O)N[C@@H]1[C@H](Oc2ccc(C)cc2)O[C@H](COC(C)=O)[C@H](OC(C)=O)[C@@H]1OC(C)=O. The molecule has 1 amide bonds. The molecular weight excluding hydrogens is 410 g/mol. The molecule has 10 heteroatoms. The van der Waals surface area contributed by atoms with E-state index in [1.165, 1.54) is 27.7 Å². The van der Waals surface area contributed by atoms with Crippen LogP contribution in [0.1, 0.15) is 33.3 Å². The average molecular weight is 437 g/mol. The second kappa shape index (κ2) is 10.8. The maximum absolute atomic E-state index is 11.9. The van der Waals surface area contributed by atoms with Gasteiger partial charge in [0.05, 0.1) is 0 Å². The van der Waals surface area contributed by atoms with Gasteiger partial charge >= 0.3 is 17.9 Å². The summed E-state index contributed by atoms with van der Waals surface area (Å²) < 4.78 is 27.6. The van der Waals surface area contributed by atoms with Crippen LogP contribution >= 0.6 is 0 Å². The van der Waals surface area contributed by atoms with Gasteiger partial charge in [-0.15, -0.1) is 0 Å². The molecule has 1 aromatic carbocycles. The standard InChI is InChI=1S/C21H27NO9/c1-11-6-8-16(9-7-11)30-21-18(22-12(2)23)20(29-15(5)26)19(28-14(4)25)17(31-21)10-27-13(3)24/h6-9,17-21H,10H2,1-5H3,(H,22,23)/t17-,18+,19+,20-,21-/m1/s1. The summed E-state index contributed by atoms with van der Waals surface area (Å²) in [5.41, 5.74) is 1.01. The van der Waals surface area contributed by atoms with Crippen LogP contribution in [0, 0.1) is 6.92 Å². The van der Waals surface area contributed by atoms with Crippen molar-refractivity contribution in [2.45, 2.75) is 65.3 Å². The Bertz CT molecular complexity index is 808. The lowest BCUT2D eigenvalue weighted by atomic mass is 9.96. The van der Waals surface area contributed by atoms with Gasteiger partial charge in [0.2, 0.25) is 12.2 Å². The van der Waals surface area contributed by atoms with Crippen molar-refractivity contribution in [3.63, 3.8) is 0 Å². The Labute approximate surface area is 180 Å². The van der Waals surface area contributed by atoms with Gasteiger partial charge < -0.3 is 29.0 Å². The molecule has 1 aliphatic heterocycles. The largest absolute Gasteiger partial charge is 0.463 e. The summed E-state index contributed by atoms with van der Waals surface area (Å²) >= 11 is 0. The van der Waals surface area contributed by atoms with Crippen LogP contribution in [0.4, 0.5) is 0 Å². The van der Waals surface area contributed by atoms with E-state index in [2.05, 4.69) is 5.32 Å². The van der Waals surface area contributed by atoms with Crippen LogP contribution in [0.5, 0.6) is 5.75 Å². The molecule has 170 valence electrons. The normalized spacial score (nSPS) is 25.1. The van der Waals surface area contributed by atoms with E-state index in [-0.39, 0.29) is 6.61 Å². The third-order valence-corrected chi connectivity index (χ3v) is 4.34. The van der Waals surface area contributed by atoms with Crippen LogP contribution in [0.3, 0.4) is 0 Å². The van der Waals surface area contributed by atoms with Crippen molar-refractivity contribution in [3.05, 3.63) is 29.8 Å². The van der Waals surface area contributed by atoms with E-state index in [1.54, 1.807) is 12.1 Å². The highest BCUT2D eigenvalue weighted by molar-refractivity contribution is 5.73. The van der Waals surface area contributed by atoms with Crippen molar-refractivity contribution in [1.29, 1.82) is 0 Å². The molecule has 0 aliphatic carbocycles. The number of benzene rings is 1. The molecule has 0 aromatic heterocycles. The average Bonchev–Trinajstić information content (AvgIpc) is 2.65. The molecule has 0 unspecified atom stereocenters. The second-order valence-electron chi connectivity index (χ2n) is 7.15. The van der Waals surface area contributed by atoms with Crippen LogP contribution in [-0.4, -0.2) is 61.1 Å². The highest BCUT2D eigenvalue weighted by Gasteiger charge is 2.51. The number of ether oxygens (including phenoxy) is 5. The van der Waals surface area contributed by atoms with E-state index in [1.807, 2.05) is 19.1 Å². The zero-order chi connectivity index (χ0) is 23.1. The molecule has 10 nitrogen and oxygen atoms in total. The number of aryl methyl sites for hydroxylation is 1. The summed E-state index contributed by atoms with van der Waals surface area (Å²) in [7, 11) is 0. The third-order valence-electron chi connectivity index (χ3n) is 4.34. The van der Waals surface area contributed by atoms with Gasteiger partial charge in [-0.2, -0.15) is 0 Å². The first-order valence-electron chi connectivity index (χ1n) is 9.70. The van der Waals surface area contributed by atoms with Gasteiger partial charge in [0, 0.05) is 27.7 Å². The number of carbonyl (C=O) groups is 4. The molecule has 1 fully saturated rings. The number of esters is 3.